The standard InChI is InChI=1S/C9H16O/c1-2-7-5-9(10)4-3-8(7)6-9/h7-8,10H,2-6H2,1H3. The molecule has 2 aliphatic rings. The molecule has 3 unspecified atom stereocenters. The summed E-state index contributed by atoms with van der Waals surface area (Å²) in [5.41, 5.74) is -0.217. The minimum absolute atomic E-state index is 0.217. The first-order valence-corrected chi connectivity index (χ1v) is 4.46. The lowest BCUT2D eigenvalue weighted by atomic mass is 9.86. The highest BCUT2D eigenvalue weighted by Gasteiger charge is 2.48. The van der Waals surface area contributed by atoms with Crippen LogP contribution < -0.4 is 0 Å². The van der Waals surface area contributed by atoms with E-state index in [0.29, 0.717) is 0 Å². The molecule has 1 heteroatoms. The number of hydrogen-bond donors (Lipinski definition) is 1. The van der Waals surface area contributed by atoms with E-state index in [2.05, 4.69) is 6.92 Å². The lowest BCUT2D eigenvalue weighted by Crippen LogP contribution is -2.23. The third-order valence-corrected chi connectivity index (χ3v) is 3.46. The number of fused-ring (bicyclic) bond motifs is 2. The zero-order valence-corrected chi connectivity index (χ0v) is 6.64. The Balaban J connectivity index is 2.10. The summed E-state index contributed by atoms with van der Waals surface area (Å²) in [6.45, 7) is 2.24. The maximum Gasteiger partial charge on any atom is 0.0653 e. The predicted octanol–water partition coefficient (Wildman–Crippen LogP) is 1.95. The molecule has 0 heterocycles. The molecule has 0 aromatic heterocycles. The van der Waals surface area contributed by atoms with Gasteiger partial charge in [-0.2, -0.15) is 0 Å². The molecule has 0 amide bonds. The van der Waals surface area contributed by atoms with Gasteiger partial charge in [0.1, 0.15) is 0 Å². The second-order valence-electron chi connectivity index (χ2n) is 4.10. The van der Waals surface area contributed by atoms with E-state index in [0.717, 1.165) is 31.1 Å². The molecule has 3 atom stereocenters. The molecule has 58 valence electrons. The van der Waals surface area contributed by atoms with Crippen LogP contribution in [0.1, 0.15) is 39.0 Å². The lowest BCUT2D eigenvalue weighted by molar-refractivity contribution is 0.0420. The molecule has 0 aromatic carbocycles. The fourth-order valence-corrected chi connectivity index (χ4v) is 2.87. The van der Waals surface area contributed by atoms with Crippen LogP contribution in [0.4, 0.5) is 0 Å². The van der Waals surface area contributed by atoms with Gasteiger partial charge in [-0.3, -0.25) is 0 Å². The first kappa shape index (κ1) is 6.66. The summed E-state index contributed by atoms with van der Waals surface area (Å²) in [6, 6.07) is 0. The van der Waals surface area contributed by atoms with Crippen molar-refractivity contribution < 1.29 is 5.11 Å². The number of aliphatic hydroxyl groups is 1. The van der Waals surface area contributed by atoms with Gasteiger partial charge in [0.25, 0.3) is 0 Å². The molecule has 2 fully saturated rings. The van der Waals surface area contributed by atoms with Crippen molar-refractivity contribution in [3.8, 4) is 0 Å². The van der Waals surface area contributed by atoms with Crippen LogP contribution in [0.3, 0.4) is 0 Å². The van der Waals surface area contributed by atoms with Crippen molar-refractivity contribution in [2.75, 3.05) is 0 Å². The first-order valence-electron chi connectivity index (χ1n) is 4.46. The van der Waals surface area contributed by atoms with Crippen molar-refractivity contribution in [1.29, 1.82) is 0 Å². The summed E-state index contributed by atoms with van der Waals surface area (Å²) in [6.07, 6.45) is 5.83. The Morgan fingerprint density at radius 1 is 1.50 bits per heavy atom. The van der Waals surface area contributed by atoms with Crippen molar-refractivity contribution >= 4 is 0 Å². The highest BCUT2D eigenvalue weighted by Crippen LogP contribution is 2.51. The molecule has 1 nitrogen and oxygen atoms in total. The van der Waals surface area contributed by atoms with Gasteiger partial charge in [-0.15, -0.1) is 0 Å². The molecule has 2 saturated carbocycles. The highest BCUT2D eigenvalue weighted by molar-refractivity contribution is 5.00. The molecule has 10 heavy (non-hydrogen) atoms. The molecule has 0 spiro atoms. The van der Waals surface area contributed by atoms with Gasteiger partial charge in [0.15, 0.2) is 0 Å². The molecule has 0 aromatic rings. The molecule has 2 rings (SSSR count). The van der Waals surface area contributed by atoms with Crippen LogP contribution in [0.5, 0.6) is 0 Å². The summed E-state index contributed by atoms with van der Waals surface area (Å²) in [5.74, 6) is 1.72. The van der Waals surface area contributed by atoms with Gasteiger partial charge < -0.3 is 5.11 Å². The molecule has 1 N–H and O–H groups in total. The van der Waals surface area contributed by atoms with Crippen LogP contribution >= 0.6 is 0 Å². The molecule has 0 saturated heterocycles. The maximum atomic E-state index is 9.84. The quantitative estimate of drug-likeness (QED) is 0.590. The zero-order chi connectivity index (χ0) is 7.19. The summed E-state index contributed by atoms with van der Waals surface area (Å²) in [7, 11) is 0. The second kappa shape index (κ2) is 1.97. The van der Waals surface area contributed by atoms with Gasteiger partial charge in [0, 0.05) is 0 Å². The van der Waals surface area contributed by atoms with Crippen LogP contribution in [0.2, 0.25) is 0 Å². The largest absolute Gasteiger partial charge is 0.390 e. The fourth-order valence-electron chi connectivity index (χ4n) is 2.87. The van der Waals surface area contributed by atoms with E-state index < -0.39 is 0 Å². The monoisotopic (exact) mass is 140 g/mol. The summed E-state index contributed by atoms with van der Waals surface area (Å²) < 4.78 is 0. The lowest BCUT2D eigenvalue weighted by Gasteiger charge is -2.24. The number of hydrogen-bond acceptors (Lipinski definition) is 1. The zero-order valence-electron chi connectivity index (χ0n) is 6.64. The van der Waals surface area contributed by atoms with E-state index in [1.807, 2.05) is 0 Å². The van der Waals surface area contributed by atoms with Gasteiger partial charge in [-0.25, -0.2) is 0 Å². The molecule has 0 aliphatic heterocycles. The fraction of sp³-hybridized carbons (Fsp3) is 1.00. The van der Waals surface area contributed by atoms with Crippen molar-refractivity contribution in [3.05, 3.63) is 0 Å². The first-order chi connectivity index (χ1) is 4.73. The predicted molar refractivity (Wildman–Crippen MR) is 40.7 cm³/mol. The van der Waals surface area contributed by atoms with Gasteiger partial charge in [-0.05, 0) is 37.5 Å². The van der Waals surface area contributed by atoms with Crippen LogP contribution in [0, 0.1) is 11.8 Å². The minimum atomic E-state index is -0.217. The average Bonchev–Trinajstić information content (AvgIpc) is 2.41. The third kappa shape index (κ3) is 0.800. The Labute approximate surface area is 62.4 Å². The van der Waals surface area contributed by atoms with E-state index in [4.69, 9.17) is 0 Å². The molecule has 2 aliphatic carbocycles. The van der Waals surface area contributed by atoms with Gasteiger partial charge >= 0.3 is 0 Å². The topological polar surface area (TPSA) is 20.2 Å². The van der Waals surface area contributed by atoms with Crippen LogP contribution in [0.15, 0.2) is 0 Å². The minimum Gasteiger partial charge on any atom is -0.390 e. The second-order valence-corrected chi connectivity index (χ2v) is 4.10. The van der Waals surface area contributed by atoms with Gasteiger partial charge in [0.2, 0.25) is 0 Å². The Kier molecular flexibility index (Phi) is 1.31. The van der Waals surface area contributed by atoms with E-state index in [-0.39, 0.29) is 5.60 Å². The van der Waals surface area contributed by atoms with Crippen LogP contribution in [-0.4, -0.2) is 10.7 Å². The Hall–Kier alpha value is -0.0400. The Bertz CT molecular complexity index is 144. The summed E-state index contributed by atoms with van der Waals surface area (Å²) >= 11 is 0. The Morgan fingerprint density at radius 2 is 2.30 bits per heavy atom. The van der Waals surface area contributed by atoms with Crippen molar-refractivity contribution in [3.63, 3.8) is 0 Å². The van der Waals surface area contributed by atoms with Crippen molar-refractivity contribution in [2.24, 2.45) is 11.8 Å². The number of rotatable bonds is 1. The third-order valence-electron chi connectivity index (χ3n) is 3.46. The smallest absolute Gasteiger partial charge is 0.0653 e. The highest BCUT2D eigenvalue weighted by atomic mass is 16.3. The average molecular weight is 140 g/mol. The van der Waals surface area contributed by atoms with E-state index in [1.54, 1.807) is 0 Å². The van der Waals surface area contributed by atoms with Gasteiger partial charge in [0.05, 0.1) is 5.60 Å². The van der Waals surface area contributed by atoms with E-state index in [9.17, 15) is 5.11 Å². The molecule has 2 bridgehead atoms. The van der Waals surface area contributed by atoms with E-state index in [1.165, 1.54) is 12.8 Å². The molecule has 0 radical (unpaired) electrons. The van der Waals surface area contributed by atoms with Crippen molar-refractivity contribution in [1.82, 2.24) is 0 Å². The van der Waals surface area contributed by atoms with Gasteiger partial charge in [-0.1, -0.05) is 13.3 Å². The SMILES string of the molecule is CCC1CC2(O)CCC1C2. The summed E-state index contributed by atoms with van der Waals surface area (Å²) in [4.78, 5) is 0. The van der Waals surface area contributed by atoms with Crippen LogP contribution in [-0.2, 0) is 0 Å². The summed E-state index contributed by atoms with van der Waals surface area (Å²) in [5, 5.41) is 9.84. The molecular formula is C9H16O. The van der Waals surface area contributed by atoms with E-state index >= 15 is 0 Å². The molecular weight excluding hydrogens is 124 g/mol. The van der Waals surface area contributed by atoms with Crippen LogP contribution in [0.25, 0.3) is 0 Å². The normalized spacial score (nSPS) is 52.2. The maximum absolute atomic E-state index is 9.84. The van der Waals surface area contributed by atoms with Crippen molar-refractivity contribution in [2.45, 2.75) is 44.6 Å². The Morgan fingerprint density at radius 3 is 2.60 bits per heavy atom.